The summed E-state index contributed by atoms with van der Waals surface area (Å²) in [6.45, 7) is 1.11. The van der Waals surface area contributed by atoms with Crippen LogP contribution in [0, 0.1) is 0 Å². The molecular formula is C18H12F3NO3. The fourth-order valence-corrected chi connectivity index (χ4v) is 2.56. The summed E-state index contributed by atoms with van der Waals surface area (Å²) >= 11 is 0. The highest BCUT2D eigenvalue weighted by Gasteiger charge is 2.31. The molecule has 0 unspecified atom stereocenters. The molecule has 128 valence electrons. The van der Waals surface area contributed by atoms with E-state index >= 15 is 0 Å². The standard InChI is InChI=1S/C18H12F3NO3/c1-11(23)25-16-10-17(24)22(13-5-3-2-4-6-13)15-8-7-12(9-14(15)16)18(19,20)21/h2-10H,1H3. The van der Waals surface area contributed by atoms with Gasteiger partial charge in [0.15, 0.2) is 0 Å². The lowest BCUT2D eigenvalue weighted by molar-refractivity contribution is -0.137. The topological polar surface area (TPSA) is 48.3 Å². The highest BCUT2D eigenvalue weighted by Crippen LogP contribution is 2.34. The lowest BCUT2D eigenvalue weighted by Gasteiger charge is -2.15. The van der Waals surface area contributed by atoms with Crippen molar-refractivity contribution in [1.29, 1.82) is 0 Å². The Morgan fingerprint density at radius 3 is 2.32 bits per heavy atom. The normalized spacial score (nSPS) is 11.5. The molecule has 4 nitrogen and oxygen atoms in total. The number of carbonyl (C=O) groups is 1. The number of aromatic nitrogens is 1. The second-order valence-electron chi connectivity index (χ2n) is 5.34. The number of alkyl halides is 3. The van der Waals surface area contributed by atoms with E-state index in [0.717, 1.165) is 25.1 Å². The van der Waals surface area contributed by atoms with E-state index in [1.165, 1.54) is 10.6 Å². The van der Waals surface area contributed by atoms with Crippen LogP contribution in [0.1, 0.15) is 12.5 Å². The van der Waals surface area contributed by atoms with Gasteiger partial charge in [-0.05, 0) is 30.3 Å². The third-order valence-corrected chi connectivity index (χ3v) is 3.57. The number of hydrogen-bond donors (Lipinski definition) is 0. The molecule has 0 amide bonds. The molecule has 0 atom stereocenters. The maximum atomic E-state index is 13.0. The molecule has 25 heavy (non-hydrogen) atoms. The average Bonchev–Trinajstić information content (AvgIpc) is 2.54. The van der Waals surface area contributed by atoms with Gasteiger partial charge >= 0.3 is 12.1 Å². The summed E-state index contributed by atoms with van der Waals surface area (Å²) in [5, 5.41) is 0.0217. The van der Waals surface area contributed by atoms with Gasteiger partial charge in [-0.15, -0.1) is 0 Å². The molecule has 0 saturated carbocycles. The third-order valence-electron chi connectivity index (χ3n) is 3.57. The van der Waals surface area contributed by atoms with Crippen molar-refractivity contribution in [3.63, 3.8) is 0 Å². The van der Waals surface area contributed by atoms with Crippen LogP contribution in [-0.4, -0.2) is 10.5 Å². The summed E-state index contributed by atoms with van der Waals surface area (Å²) in [6, 6.07) is 12.4. The molecule has 1 aromatic heterocycles. The SMILES string of the molecule is CC(=O)Oc1cc(=O)n(-c2ccccc2)c2ccc(C(F)(F)F)cc12. The summed E-state index contributed by atoms with van der Waals surface area (Å²) < 4.78 is 45.3. The predicted molar refractivity (Wildman–Crippen MR) is 85.9 cm³/mol. The van der Waals surface area contributed by atoms with Crippen LogP contribution in [0.2, 0.25) is 0 Å². The Morgan fingerprint density at radius 2 is 1.72 bits per heavy atom. The highest BCUT2D eigenvalue weighted by molar-refractivity contribution is 5.89. The number of carbonyl (C=O) groups excluding carboxylic acids is 1. The molecule has 0 spiro atoms. The van der Waals surface area contributed by atoms with Gasteiger partial charge in [0.2, 0.25) is 0 Å². The van der Waals surface area contributed by atoms with Crippen molar-refractivity contribution >= 4 is 16.9 Å². The molecule has 1 heterocycles. The number of esters is 1. The minimum atomic E-state index is -4.56. The van der Waals surface area contributed by atoms with Crippen molar-refractivity contribution < 1.29 is 22.7 Å². The summed E-state index contributed by atoms with van der Waals surface area (Å²) in [7, 11) is 0. The average molecular weight is 347 g/mol. The summed E-state index contributed by atoms with van der Waals surface area (Å²) in [5.74, 6) is -0.929. The van der Waals surface area contributed by atoms with Gasteiger partial charge in [-0.3, -0.25) is 14.2 Å². The molecule has 0 aliphatic carbocycles. The monoisotopic (exact) mass is 347 g/mol. The first kappa shape index (κ1) is 16.8. The van der Waals surface area contributed by atoms with Gasteiger partial charge in [-0.2, -0.15) is 13.2 Å². The van der Waals surface area contributed by atoms with E-state index in [4.69, 9.17) is 4.74 Å². The van der Waals surface area contributed by atoms with Crippen molar-refractivity contribution in [1.82, 2.24) is 4.57 Å². The first-order chi connectivity index (χ1) is 11.8. The van der Waals surface area contributed by atoms with Crippen molar-refractivity contribution in [3.05, 3.63) is 70.5 Å². The largest absolute Gasteiger partial charge is 0.426 e. The molecule has 0 radical (unpaired) electrons. The van der Waals surface area contributed by atoms with E-state index in [1.54, 1.807) is 30.3 Å². The number of rotatable bonds is 2. The molecule has 0 aliphatic rings. The highest BCUT2D eigenvalue weighted by atomic mass is 19.4. The van der Waals surface area contributed by atoms with E-state index in [9.17, 15) is 22.8 Å². The van der Waals surface area contributed by atoms with Crippen LogP contribution < -0.4 is 10.3 Å². The summed E-state index contributed by atoms with van der Waals surface area (Å²) in [5.41, 5.74) is -0.712. The molecule has 3 aromatic rings. The minimum absolute atomic E-state index is 0.0217. The van der Waals surface area contributed by atoms with Gasteiger partial charge in [0.25, 0.3) is 5.56 Å². The predicted octanol–water partition coefficient (Wildman–Crippen LogP) is 3.93. The van der Waals surface area contributed by atoms with Gasteiger partial charge < -0.3 is 4.74 Å². The fourth-order valence-electron chi connectivity index (χ4n) is 2.56. The Balaban J connectivity index is 2.38. The van der Waals surface area contributed by atoms with Crippen LogP contribution in [0.5, 0.6) is 5.75 Å². The van der Waals surface area contributed by atoms with Crippen LogP contribution in [0.15, 0.2) is 59.4 Å². The van der Waals surface area contributed by atoms with Crippen LogP contribution in [0.25, 0.3) is 16.6 Å². The molecule has 0 bridgehead atoms. The number of nitrogens with zero attached hydrogens (tertiary/aromatic N) is 1. The Bertz CT molecular complexity index is 1010. The van der Waals surface area contributed by atoms with E-state index in [0.29, 0.717) is 5.69 Å². The smallest absolute Gasteiger partial charge is 0.416 e. The zero-order valence-corrected chi connectivity index (χ0v) is 13.0. The second kappa shape index (κ2) is 6.08. The van der Waals surface area contributed by atoms with Crippen LogP contribution >= 0.6 is 0 Å². The number of para-hydroxylation sites is 1. The Kier molecular flexibility index (Phi) is 4.08. The first-order valence-electron chi connectivity index (χ1n) is 7.28. The van der Waals surface area contributed by atoms with E-state index in [1.807, 2.05) is 0 Å². The molecular weight excluding hydrogens is 335 g/mol. The quantitative estimate of drug-likeness (QED) is 0.660. The number of fused-ring (bicyclic) bond motifs is 1. The maximum absolute atomic E-state index is 13.0. The number of pyridine rings is 1. The van der Waals surface area contributed by atoms with E-state index in [2.05, 4.69) is 0 Å². The Morgan fingerprint density at radius 1 is 1.04 bits per heavy atom. The van der Waals surface area contributed by atoms with E-state index < -0.39 is 23.3 Å². The van der Waals surface area contributed by atoms with E-state index in [-0.39, 0.29) is 16.7 Å². The minimum Gasteiger partial charge on any atom is -0.426 e. The summed E-state index contributed by atoms with van der Waals surface area (Å²) in [6.07, 6.45) is -4.56. The number of benzene rings is 2. The first-order valence-corrected chi connectivity index (χ1v) is 7.28. The molecule has 0 fully saturated rings. The van der Waals surface area contributed by atoms with Crippen LogP contribution in [0.3, 0.4) is 0 Å². The zero-order chi connectivity index (χ0) is 18.2. The van der Waals surface area contributed by atoms with Crippen molar-refractivity contribution in [2.45, 2.75) is 13.1 Å². The van der Waals surface area contributed by atoms with Crippen molar-refractivity contribution in [3.8, 4) is 11.4 Å². The molecule has 3 rings (SSSR count). The van der Waals surface area contributed by atoms with Gasteiger partial charge in [-0.25, -0.2) is 0 Å². The molecule has 7 heteroatoms. The Labute approximate surface area is 140 Å². The number of halogens is 3. The molecule has 0 aliphatic heterocycles. The molecule has 0 saturated heterocycles. The van der Waals surface area contributed by atoms with Gasteiger partial charge in [-0.1, -0.05) is 18.2 Å². The van der Waals surface area contributed by atoms with Gasteiger partial charge in [0, 0.05) is 24.1 Å². The van der Waals surface area contributed by atoms with Crippen LogP contribution in [0.4, 0.5) is 13.2 Å². The molecule has 2 aromatic carbocycles. The third kappa shape index (κ3) is 3.26. The maximum Gasteiger partial charge on any atom is 0.416 e. The molecule has 0 N–H and O–H groups in total. The summed E-state index contributed by atoms with van der Waals surface area (Å²) in [4.78, 5) is 23.7. The lowest BCUT2D eigenvalue weighted by atomic mass is 10.1. The van der Waals surface area contributed by atoms with Crippen molar-refractivity contribution in [2.75, 3.05) is 0 Å². The Hall–Kier alpha value is -3.09. The fraction of sp³-hybridized carbons (Fsp3) is 0.111. The second-order valence-corrected chi connectivity index (χ2v) is 5.34. The number of ether oxygens (including phenoxy) is 1. The van der Waals surface area contributed by atoms with Crippen molar-refractivity contribution in [2.24, 2.45) is 0 Å². The van der Waals surface area contributed by atoms with Crippen LogP contribution in [-0.2, 0) is 11.0 Å². The number of hydrogen-bond acceptors (Lipinski definition) is 3. The lowest BCUT2D eigenvalue weighted by Crippen LogP contribution is -2.19. The zero-order valence-electron chi connectivity index (χ0n) is 13.0. The van der Waals surface area contributed by atoms with Gasteiger partial charge in [0.05, 0.1) is 11.1 Å². The van der Waals surface area contributed by atoms with Gasteiger partial charge in [0.1, 0.15) is 5.75 Å².